The lowest BCUT2D eigenvalue weighted by atomic mass is 10.2. The molecular formula is C18H14N4O. The van der Waals surface area contributed by atoms with Crippen LogP contribution in [0.1, 0.15) is 5.69 Å². The van der Waals surface area contributed by atoms with Gasteiger partial charge in [-0.1, -0.05) is 48.5 Å². The highest BCUT2D eigenvalue weighted by atomic mass is 16.5. The van der Waals surface area contributed by atoms with Gasteiger partial charge in [-0.2, -0.15) is 9.83 Å². The Balaban J connectivity index is 2.01. The summed E-state index contributed by atoms with van der Waals surface area (Å²) in [5.41, 5.74) is 4.12. The first kappa shape index (κ1) is 13.5. The van der Waals surface area contributed by atoms with Crippen LogP contribution in [0.2, 0.25) is 0 Å². The largest absolute Gasteiger partial charge is 0.618 e. The Bertz CT molecular complexity index is 978. The normalized spacial score (nSPS) is 11.0. The van der Waals surface area contributed by atoms with Gasteiger partial charge in [0.25, 0.3) is 5.52 Å². The summed E-state index contributed by atoms with van der Waals surface area (Å²) >= 11 is 0. The number of aryl methyl sites for hydroxylation is 1. The van der Waals surface area contributed by atoms with E-state index < -0.39 is 0 Å². The van der Waals surface area contributed by atoms with Gasteiger partial charge in [0.15, 0.2) is 0 Å². The van der Waals surface area contributed by atoms with Gasteiger partial charge >= 0.3 is 0 Å². The van der Waals surface area contributed by atoms with Crippen LogP contribution in [0.3, 0.4) is 0 Å². The van der Waals surface area contributed by atoms with E-state index in [-0.39, 0.29) is 0 Å². The minimum absolute atomic E-state index is 0.494. The van der Waals surface area contributed by atoms with Crippen LogP contribution in [-0.4, -0.2) is 14.8 Å². The average Bonchev–Trinajstić information content (AvgIpc) is 2.94. The first-order valence-corrected chi connectivity index (χ1v) is 7.34. The van der Waals surface area contributed by atoms with Gasteiger partial charge in [0.1, 0.15) is 11.4 Å². The summed E-state index contributed by atoms with van der Waals surface area (Å²) in [5.74, 6) is 0. The Morgan fingerprint density at radius 1 is 0.957 bits per heavy atom. The molecule has 0 aliphatic carbocycles. The van der Waals surface area contributed by atoms with Crippen LogP contribution in [0, 0.1) is 12.1 Å². The zero-order chi connectivity index (χ0) is 15.8. The maximum Gasteiger partial charge on any atom is 0.284 e. The number of rotatable bonds is 2. The lowest BCUT2D eigenvalue weighted by Crippen LogP contribution is -2.27. The van der Waals surface area contributed by atoms with Gasteiger partial charge in [-0.3, -0.25) is 0 Å². The molecule has 2 heterocycles. The van der Waals surface area contributed by atoms with E-state index in [9.17, 15) is 5.21 Å². The second-order valence-electron chi connectivity index (χ2n) is 5.32. The quantitative estimate of drug-likeness (QED) is 0.422. The van der Waals surface area contributed by atoms with Gasteiger partial charge in [-0.15, -0.1) is 0 Å². The number of nitrogens with zero attached hydrogens (tertiary/aromatic N) is 4. The summed E-state index contributed by atoms with van der Waals surface area (Å²) in [6, 6.07) is 19.4. The van der Waals surface area contributed by atoms with E-state index in [1.165, 1.54) is 6.20 Å². The molecule has 0 unspecified atom stereocenters. The van der Waals surface area contributed by atoms with E-state index in [4.69, 9.17) is 0 Å². The summed E-state index contributed by atoms with van der Waals surface area (Å²) in [6.45, 7) is 1.82. The Kier molecular flexibility index (Phi) is 3.05. The van der Waals surface area contributed by atoms with Crippen LogP contribution in [0.5, 0.6) is 0 Å². The lowest BCUT2D eigenvalue weighted by Gasteiger charge is -2.05. The van der Waals surface area contributed by atoms with Crippen molar-refractivity contribution in [2.75, 3.05) is 0 Å². The highest BCUT2D eigenvalue weighted by Crippen LogP contribution is 2.21. The topological polar surface area (TPSA) is 57.7 Å². The standard InChI is InChI=1S/C18H14N4O/c1-13-17-18(22(20-13)15-10-6-3-7-11-15)19-16(12-21(17)23)14-8-4-2-5-9-14/h2-12H,1H3. The summed E-state index contributed by atoms with van der Waals surface area (Å²) < 4.78 is 2.57. The highest BCUT2D eigenvalue weighted by Gasteiger charge is 2.20. The molecule has 0 bridgehead atoms. The highest BCUT2D eigenvalue weighted by molar-refractivity contribution is 5.75. The van der Waals surface area contributed by atoms with E-state index >= 15 is 0 Å². The van der Waals surface area contributed by atoms with Crippen molar-refractivity contribution in [2.45, 2.75) is 6.92 Å². The molecule has 0 radical (unpaired) electrons. The number of fused-ring (bicyclic) bond motifs is 1. The van der Waals surface area contributed by atoms with Gasteiger partial charge in [0.2, 0.25) is 11.8 Å². The molecule has 5 nitrogen and oxygen atoms in total. The van der Waals surface area contributed by atoms with Crippen LogP contribution in [0.15, 0.2) is 66.9 Å². The van der Waals surface area contributed by atoms with Gasteiger partial charge in [-0.05, 0) is 19.1 Å². The summed E-state index contributed by atoms with van der Waals surface area (Å²) in [7, 11) is 0. The number of benzene rings is 2. The van der Waals surface area contributed by atoms with Crippen molar-refractivity contribution in [3.63, 3.8) is 0 Å². The average molecular weight is 302 g/mol. The molecule has 2 aromatic carbocycles. The number of para-hydroxylation sites is 1. The molecule has 2 aromatic heterocycles. The Labute approximate surface area is 133 Å². The van der Waals surface area contributed by atoms with Gasteiger partial charge in [0.05, 0.1) is 5.69 Å². The molecule has 5 heteroatoms. The molecule has 0 atom stereocenters. The van der Waals surface area contributed by atoms with Crippen LogP contribution in [-0.2, 0) is 0 Å². The van der Waals surface area contributed by atoms with Crippen molar-refractivity contribution in [1.29, 1.82) is 0 Å². The molecule has 112 valence electrons. The molecular weight excluding hydrogens is 288 g/mol. The molecule has 0 aliphatic heterocycles. The third kappa shape index (κ3) is 2.23. The third-order valence-electron chi connectivity index (χ3n) is 3.76. The molecule has 4 rings (SSSR count). The summed E-state index contributed by atoms with van der Waals surface area (Å²) in [6.07, 6.45) is 1.50. The molecule has 0 saturated carbocycles. The van der Waals surface area contributed by atoms with Crippen molar-refractivity contribution >= 4 is 11.2 Å². The Morgan fingerprint density at radius 2 is 1.61 bits per heavy atom. The molecule has 4 aromatic rings. The van der Waals surface area contributed by atoms with Gasteiger partial charge < -0.3 is 5.21 Å². The van der Waals surface area contributed by atoms with Crippen LogP contribution >= 0.6 is 0 Å². The predicted octanol–water partition coefficient (Wildman–Crippen LogP) is 3.03. The molecule has 0 N–H and O–H groups in total. The van der Waals surface area contributed by atoms with Crippen molar-refractivity contribution in [2.24, 2.45) is 0 Å². The minimum atomic E-state index is 0.494. The number of aromatic nitrogens is 4. The fourth-order valence-electron chi connectivity index (χ4n) is 2.68. The SMILES string of the molecule is Cc1nn(-c2ccccc2)c2nc(-c3ccccc3)c[n+]([O-])c12. The van der Waals surface area contributed by atoms with Crippen molar-refractivity contribution in [3.8, 4) is 16.9 Å². The first-order chi connectivity index (χ1) is 11.2. The molecule has 0 aliphatic rings. The second-order valence-corrected chi connectivity index (χ2v) is 5.32. The Hall–Kier alpha value is -3.21. The molecule has 0 amide bonds. The molecule has 0 fully saturated rings. The van der Waals surface area contributed by atoms with Crippen LogP contribution < -0.4 is 4.73 Å². The minimum Gasteiger partial charge on any atom is -0.618 e. The fourth-order valence-corrected chi connectivity index (χ4v) is 2.68. The zero-order valence-corrected chi connectivity index (χ0v) is 12.5. The first-order valence-electron chi connectivity index (χ1n) is 7.34. The van der Waals surface area contributed by atoms with Crippen LogP contribution in [0.25, 0.3) is 28.1 Å². The van der Waals surface area contributed by atoms with Crippen molar-refractivity contribution in [3.05, 3.63) is 77.8 Å². The molecule has 0 spiro atoms. The van der Waals surface area contributed by atoms with Gasteiger partial charge in [0, 0.05) is 5.56 Å². The third-order valence-corrected chi connectivity index (χ3v) is 3.76. The van der Waals surface area contributed by atoms with Crippen molar-refractivity contribution in [1.82, 2.24) is 14.8 Å². The number of hydrogen-bond acceptors (Lipinski definition) is 3. The molecule has 23 heavy (non-hydrogen) atoms. The van der Waals surface area contributed by atoms with Gasteiger partial charge in [-0.25, -0.2) is 9.67 Å². The summed E-state index contributed by atoms with van der Waals surface area (Å²) in [5, 5.41) is 17.0. The number of hydrogen-bond donors (Lipinski definition) is 0. The molecule has 0 saturated heterocycles. The maximum atomic E-state index is 12.5. The zero-order valence-electron chi connectivity index (χ0n) is 12.5. The smallest absolute Gasteiger partial charge is 0.284 e. The van der Waals surface area contributed by atoms with E-state index in [2.05, 4.69) is 10.1 Å². The monoisotopic (exact) mass is 302 g/mol. The van der Waals surface area contributed by atoms with Crippen molar-refractivity contribution < 1.29 is 4.73 Å². The summed E-state index contributed by atoms with van der Waals surface area (Å²) in [4.78, 5) is 4.68. The van der Waals surface area contributed by atoms with E-state index in [1.807, 2.05) is 67.6 Å². The lowest BCUT2D eigenvalue weighted by molar-refractivity contribution is -0.577. The Morgan fingerprint density at radius 3 is 2.30 bits per heavy atom. The van der Waals surface area contributed by atoms with E-state index in [1.54, 1.807) is 4.68 Å². The van der Waals surface area contributed by atoms with Crippen LogP contribution in [0.4, 0.5) is 0 Å². The second kappa shape index (κ2) is 5.21. The fraction of sp³-hybridized carbons (Fsp3) is 0.0556. The van der Waals surface area contributed by atoms with E-state index in [0.717, 1.165) is 16.0 Å². The van der Waals surface area contributed by atoms with E-state index in [0.29, 0.717) is 22.6 Å². The predicted molar refractivity (Wildman–Crippen MR) is 88.0 cm³/mol. The maximum absolute atomic E-state index is 12.5.